The number of hydrogen-bond acceptors (Lipinski definition) is 4. The van der Waals surface area contributed by atoms with Gasteiger partial charge in [-0.1, -0.05) is 6.58 Å². The van der Waals surface area contributed by atoms with Crippen LogP contribution in [0, 0.1) is 0 Å². The number of nitrogens with zero attached hydrogens (tertiary/aromatic N) is 1. The summed E-state index contributed by atoms with van der Waals surface area (Å²) in [6.45, 7) is 14.0. The van der Waals surface area contributed by atoms with Crippen molar-refractivity contribution in [2.24, 2.45) is 0 Å². The Balaban J connectivity index is 0. The quantitative estimate of drug-likeness (QED) is 0.259. The topological polar surface area (TPSA) is 52.6 Å². The fraction of sp³-hybridized carbons (Fsp3) is 0.714. The molecule has 0 aromatic rings. The monoisotopic (exact) mass is 307 g/mol. The zero-order valence-electron chi connectivity index (χ0n) is 13.2. The van der Waals surface area contributed by atoms with Crippen molar-refractivity contribution in [2.75, 3.05) is 20.2 Å². The third-order valence-corrected chi connectivity index (χ3v) is 3.84. The minimum Gasteiger partial charge on any atom is -1.00 e. The predicted octanol–water partition coefficient (Wildman–Crippen LogP) is -1.13. The van der Waals surface area contributed by atoms with Crippen LogP contribution in [0.1, 0.15) is 34.6 Å². The molecular formula is C14H26ClNO4. The van der Waals surface area contributed by atoms with Crippen molar-refractivity contribution < 1.29 is 36.0 Å². The normalized spacial score (nSPS) is 13.7. The number of carbonyl (C=O) groups excluding carboxylic acids is 2. The van der Waals surface area contributed by atoms with Crippen LogP contribution in [-0.2, 0) is 19.1 Å². The highest BCUT2D eigenvalue weighted by Crippen LogP contribution is 2.22. The molecule has 0 aliphatic heterocycles. The average Bonchev–Trinajstić information content (AvgIpc) is 2.39. The summed E-state index contributed by atoms with van der Waals surface area (Å²) in [5, 5.41) is 0. The van der Waals surface area contributed by atoms with Gasteiger partial charge in [-0.05, 0) is 27.7 Å². The molecule has 0 spiro atoms. The number of methoxy groups -OCH3 is 1. The number of rotatable bonds is 7. The van der Waals surface area contributed by atoms with Gasteiger partial charge < -0.3 is 21.9 Å². The highest BCUT2D eigenvalue weighted by molar-refractivity contribution is 5.87. The lowest BCUT2D eigenvalue weighted by Gasteiger charge is -2.44. The molecule has 0 aromatic heterocycles. The van der Waals surface area contributed by atoms with Crippen LogP contribution in [0.15, 0.2) is 12.2 Å². The lowest BCUT2D eigenvalue weighted by molar-refractivity contribution is -0.977. The van der Waals surface area contributed by atoms with Crippen molar-refractivity contribution in [1.29, 1.82) is 0 Å². The first-order valence-corrected chi connectivity index (χ1v) is 6.57. The Morgan fingerprint density at radius 2 is 1.65 bits per heavy atom. The van der Waals surface area contributed by atoms with Gasteiger partial charge in [-0.2, -0.15) is 0 Å². The van der Waals surface area contributed by atoms with E-state index >= 15 is 0 Å². The number of hydrogen-bond donors (Lipinski definition) is 0. The van der Waals surface area contributed by atoms with E-state index in [9.17, 15) is 9.59 Å². The van der Waals surface area contributed by atoms with Crippen molar-refractivity contribution in [3.05, 3.63) is 12.2 Å². The number of ether oxygens (including phenoxy) is 2. The van der Waals surface area contributed by atoms with Crippen LogP contribution in [-0.4, -0.2) is 48.9 Å². The van der Waals surface area contributed by atoms with Crippen LogP contribution in [0.3, 0.4) is 0 Å². The molecule has 6 heteroatoms. The predicted molar refractivity (Wildman–Crippen MR) is 73.2 cm³/mol. The van der Waals surface area contributed by atoms with Gasteiger partial charge in [0, 0.05) is 12.5 Å². The standard InChI is InChI=1S/C14H26NO4.ClH/c1-8-15(9-2,11(5)14(17)18-7)12(6)19-13(16)10(3)4;/h11-12H,3,8-9H2,1-2,4-7H3;1H/q+1;/p-1. The van der Waals surface area contributed by atoms with Crippen molar-refractivity contribution in [3.63, 3.8) is 0 Å². The molecule has 0 heterocycles. The highest BCUT2D eigenvalue weighted by atomic mass is 35.5. The molecule has 0 saturated carbocycles. The van der Waals surface area contributed by atoms with E-state index in [4.69, 9.17) is 9.47 Å². The molecule has 0 radical (unpaired) electrons. The molecule has 0 aliphatic carbocycles. The molecule has 2 atom stereocenters. The van der Waals surface area contributed by atoms with E-state index in [1.54, 1.807) is 20.8 Å². The lowest BCUT2D eigenvalue weighted by Crippen LogP contribution is -3.00. The molecule has 0 amide bonds. The van der Waals surface area contributed by atoms with E-state index < -0.39 is 18.2 Å². The molecule has 20 heavy (non-hydrogen) atoms. The number of esters is 2. The summed E-state index contributed by atoms with van der Waals surface area (Å²) in [7, 11) is 1.36. The third kappa shape index (κ3) is 4.49. The fourth-order valence-corrected chi connectivity index (χ4v) is 2.34. The van der Waals surface area contributed by atoms with Crippen LogP contribution in [0.2, 0.25) is 0 Å². The van der Waals surface area contributed by atoms with Crippen LogP contribution in [0.25, 0.3) is 0 Å². The van der Waals surface area contributed by atoms with Gasteiger partial charge in [0.25, 0.3) is 0 Å². The van der Waals surface area contributed by atoms with E-state index in [2.05, 4.69) is 6.58 Å². The summed E-state index contributed by atoms with van der Waals surface area (Å²) < 4.78 is 10.6. The van der Waals surface area contributed by atoms with E-state index in [-0.39, 0.29) is 18.4 Å². The Hall–Kier alpha value is -1.07. The van der Waals surface area contributed by atoms with Gasteiger partial charge in [0.2, 0.25) is 6.23 Å². The van der Waals surface area contributed by atoms with Crippen molar-refractivity contribution >= 4 is 11.9 Å². The van der Waals surface area contributed by atoms with E-state index in [0.717, 1.165) is 0 Å². The minimum atomic E-state index is -0.437. The molecule has 0 aliphatic rings. The number of halogens is 1. The first-order valence-electron chi connectivity index (χ1n) is 6.57. The molecule has 0 saturated heterocycles. The van der Waals surface area contributed by atoms with Crippen LogP contribution < -0.4 is 12.4 Å². The molecule has 0 aromatic carbocycles. The largest absolute Gasteiger partial charge is 1.00 e. The van der Waals surface area contributed by atoms with Crippen LogP contribution in [0.5, 0.6) is 0 Å². The average molecular weight is 308 g/mol. The Morgan fingerprint density at radius 3 is 1.95 bits per heavy atom. The minimum absolute atomic E-state index is 0. The fourth-order valence-electron chi connectivity index (χ4n) is 2.34. The second-order valence-corrected chi connectivity index (χ2v) is 4.72. The Labute approximate surface area is 127 Å². The Bertz CT molecular complexity index is 353. The summed E-state index contributed by atoms with van der Waals surface area (Å²) in [5.41, 5.74) is 0.350. The van der Waals surface area contributed by atoms with E-state index in [1.165, 1.54) is 7.11 Å². The summed E-state index contributed by atoms with van der Waals surface area (Å²) in [4.78, 5) is 23.5. The summed E-state index contributed by atoms with van der Waals surface area (Å²) in [5.74, 6) is -0.740. The number of likely N-dealkylation sites (N-methyl/N-ethyl adjacent to an activating group) is 1. The maximum Gasteiger partial charge on any atom is 0.364 e. The molecule has 2 unspecified atom stereocenters. The number of quaternary nitrogens is 1. The zero-order chi connectivity index (χ0) is 15.2. The Morgan fingerprint density at radius 1 is 1.20 bits per heavy atom. The summed E-state index contributed by atoms with van der Waals surface area (Å²) in [6.07, 6.45) is -0.437. The lowest BCUT2D eigenvalue weighted by atomic mass is 10.2. The molecule has 0 rings (SSSR count). The second kappa shape index (κ2) is 8.97. The van der Waals surface area contributed by atoms with Gasteiger partial charge in [0.1, 0.15) is 0 Å². The first-order chi connectivity index (χ1) is 8.76. The third-order valence-electron chi connectivity index (χ3n) is 3.84. The summed E-state index contributed by atoms with van der Waals surface area (Å²) in [6, 6.07) is -0.395. The second-order valence-electron chi connectivity index (χ2n) is 4.72. The SMILES string of the molecule is C=C(C)C(=O)OC(C)[N+](CC)(CC)C(C)C(=O)OC.[Cl-]. The van der Waals surface area contributed by atoms with Crippen LogP contribution >= 0.6 is 0 Å². The molecule has 0 fully saturated rings. The van der Waals surface area contributed by atoms with Gasteiger partial charge in [-0.3, -0.25) is 4.48 Å². The van der Waals surface area contributed by atoms with Gasteiger partial charge >= 0.3 is 11.9 Å². The van der Waals surface area contributed by atoms with Gasteiger partial charge in [0.05, 0.1) is 20.2 Å². The smallest absolute Gasteiger partial charge is 0.364 e. The molecule has 5 nitrogen and oxygen atoms in total. The van der Waals surface area contributed by atoms with Crippen molar-refractivity contribution in [2.45, 2.75) is 46.9 Å². The molecule has 0 N–H and O–H groups in total. The summed E-state index contributed by atoms with van der Waals surface area (Å²) >= 11 is 0. The molecule has 118 valence electrons. The highest BCUT2D eigenvalue weighted by Gasteiger charge is 2.43. The number of carbonyl (C=O) groups is 2. The zero-order valence-corrected chi connectivity index (χ0v) is 14.0. The van der Waals surface area contributed by atoms with Crippen molar-refractivity contribution in [3.8, 4) is 0 Å². The molecular weight excluding hydrogens is 282 g/mol. The van der Waals surface area contributed by atoms with Gasteiger partial charge in [0.15, 0.2) is 6.04 Å². The molecule has 0 bridgehead atoms. The Kier molecular flexibility index (Phi) is 9.53. The van der Waals surface area contributed by atoms with E-state index in [0.29, 0.717) is 23.1 Å². The van der Waals surface area contributed by atoms with Gasteiger partial charge in [-0.15, -0.1) is 0 Å². The van der Waals surface area contributed by atoms with E-state index in [1.807, 2.05) is 13.8 Å². The van der Waals surface area contributed by atoms with Crippen molar-refractivity contribution in [1.82, 2.24) is 0 Å². The first kappa shape index (κ1) is 21.2. The maximum absolute atomic E-state index is 11.8. The maximum atomic E-state index is 11.8. The van der Waals surface area contributed by atoms with Gasteiger partial charge in [-0.25, -0.2) is 9.59 Å². The van der Waals surface area contributed by atoms with Crippen LogP contribution in [0.4, 0.5) is 0 Å².